The molecule has 3 aromatic rings. The van der Waals surface area contributed by atoms with Gasteiger partial charge in [0.2, 0.25) is 5.91 Å². The third kappa shape index (κ3) is 4.61. The first-order valence-electron chi connectivity index (χ1n) is 9.82. The summed E-state index contributed by atoms with van der Waals surface area (Å²) in [4.78, 5) is 42.6. The summed E-state index contributed by atoms with van der Waals surface area (Å²) < 4.78 is 5.14. The van der Waals surface area contributed by atoms with Gasteiger partial charge in [-0.05, 0) is 60.0 Å². The van der Waals surface area contributed by atoms with E-state index in [1.165, 1.54) is 16.2 Å². The number of urea groups is 1. The van der Waals surface area contributed by atoms with Crippen LogP contribution < -0.4 is 15.0 Å². The Kier molecular flexibility index (Phi) is 6.43. The number of rotatable bonds is 6. The summed E-state index contributed by atoms with van der Waals surface area (Å²) in [5.41, 5.74) is 0.983. The summed E-state index contributed by atoms with van der Waals surface area (Å²) in [6.45, 7) is 0.206. The summed E-state index contributed by atoms with van der Waals surface area (Å²) in [5.74, 6) is -0.150. The molecular formula is C23H20ClN3O4S. The highest BCUT2D eigenvalue weighted by molar-refractivity contribution is 7.09. The fourth-order valence-corrected chi connectivity index (χ4v) is 4.31. The van der Waals surface area contributed by atoms with Crippen LogP contribution in [0, 0.1) is 0 Å². The lowest BCUT2D eigenvalue weighted by molar-refractivity contribution is -0.122. The van der Waals surface area contributed by atoms with Gasteiger partial charge in [0.1, 0.15) is 11.8 Å². The molecule has 1 aliphatic heterocycles. The van der Waals surface area contributed by atoms with E-state index in [4.69, 9.17) is 16.3 Å². The minimum atomic E-state index is -0.918. The van der Waals surface area contributed by atoms with Gasteiger partial charge in [0.05, 0.1) is 25.8 Å². The van der Waals surface area contributed by atoms with Gasteiger partial charge >= 0.3 is 6.03 Å². The van der Waals surface area contributed by atoms with E-state index in [1.54, 1.807) is 55.6 Å². The molecule has 0 unspecified atom stereocenters. The summed E-state index contributed by atoms with van der Waals surface area (Å²) in [7, 11) is 1.56. The van der Waals surface area contributed by atoms with E-state index in [0.717, 1.165) is 9.78 Å². The summed E-state index contributed by atoms with van der Waals surface area (Å²) in [5, 5.41) is 5.22. The topological polar surface area (TPSA) is 79.0 Å². The molecular weight excluding hydrogens is 450 g/mol. The standard InChI is InChI=1S/C23H20ClN3O4S/c1-31-18-10-6-16(7-11-18)25-23(30)26(14-19-3-2-12-32-19)20-13-21(28)27(22(20)29)17-8-4-15(24)5-9-17/h2-12,20H,13-14H2,1H3,(H,25,30)/t20-/m1/s1. The number of amides is 4. The smallest absolute Gasteiger partial charge is 0.322 e. The number of nitrogens with zero attached hydrogens (tertiary/aromatic N) is 2. The van der Waals surface area contributed by atoms with Gasteiger partial charge in [-0.1, -0.05) is 17.7 Å². The molecule has 0 bridgehead atoms. The number of nitrogens with one attached hydrogen (secondary N) is 1. The number of benzene rings is 2. The van der Waals surface area contributed by atoms with Gasteiger partial charge in [0, 0.05) is 15.6 Å². The van der Waals surface area contributed by atoms with Crippen molar-refractivity contribution >= 4 is 52.2 Å². The third-order valence-electron chi connectivity index (χ3n) is 5.09. The number of imide groups is 1. The van der Waals surface area contributed by atoms with E-state index in [2.05, 4.69) is 5.32 Å². The van der Waals surface area contributed by atoms with Gasteiger partial charge in [-0.3, -0.25) is 9.59 Å². The molecule has 1 saturated heterocycles. The Morgan fingerprint density at radius 1 is 1.16 bits per heavy atom. The second-order valence-corrected chi connectivity index (χ2v) is 8.60. The van der Waals surface area contributed by atoms with E-state index in [0.29, 0.717) is 22.1 Å². The van der Waals surface area contributed by atoms with Crippen LogP contribution in [0.25, 0.3) is 0 Å². The Morgan fingerprint density at radius 2 is 1.88 bits per heavy atom. The van der Waals surface area contributed by atoms with E-state index >= 15 is 0 Å². The molecule has 1 aliphatic rings. The predicted molar refractivity (Wildman–Crippen MR) is 124 cm³/mol. The molecule has 1 N–H and O–H groups in total. The highest BCUT2D eigenvalue weighted by atomic mass is 35.5. The number of carbonyl (C=O) groups is 3. The number of ether oxygens (including phenoxy) is 1. The van der Waals surface area contributed by atoms with Crippen LogP contribution in [0.4, 0.5) is 16.2 Å². The lowest BCUT2D eigenvalue weighted by atomic mass is 10.2. The number of methoxy groups -OCH3 is 1. The minimum absolute atomic E-state index is 0.0944. The van der Waals surface area contributed by atoms with Crippen LogP contribution in [0.2, 0.25) is 5.02 Å². The van der Waals surface area contributed by atoms with Crippen molar-refractivity contribution in [3.63, 3.8) is 0 Å². The zero-order chi connectivity index (χ0) is 22.7. The highest BCUT2D eigenvalue weighted by Crippen LogP contribution is 2.29. The molecule has 9 heteroatoms. The molecule has 7 nitrogen and oxygen atoms in total. The first-order chi connectivity index (χ1) is 15.5. The molecule has 0 spiro atoms. The molecule has 0 saturated carbocycles. The predicted octanol–water partition coefficient (Wildman–Crippen LogP) is 4.78. The number of carbonyl (C=O) groups excluding carboxylic acids is 3. The molecule has 2 heterocycles. The van der Waals surface area contributed by atoms with Crippen molar-refractivity contribution in [1.82, 2.24) is 4.90 Å². The van der Waals surface area contributed by atoms with Crippen molar-refractivity contribution in [2.75, 3.05) is 17.3 Å². The van der Waals surface area contributed by atoms with Crippen molar-refractivity contribution in [3.8, 4) is 5.75 Å². The Hall–Kier alpha value is -3.36. The van der Waals surface area contributed by atoms with Gasteiger partial charge in [0.15, 0.2) is 0 Å². The number of halogens is 1. The van der Waals surface area contributed by atoms with Crippen LogP contribution in [-0.4, -0.2) is 35.9 Å². The minimum Gasteiger partial charge on any atom is -0.497 e. The van der Waals surface area contributed by atoms with Crippen LogP contribution in [0.5, 0.6) is 5.75 Å². The number of hydrogen-bond acceptors (Lipinski definition) is 5. The first-order valence-corrected chi connectivity index (χ1v) is 11.1. The summed E-state index contributed by atoms with van der Waals surface area (Å²) in [6, 6.07) is 15.7. The molecule has 4 rings (SSSR count). The monoisotopic (exact) mass is 469 g/mol. The largest absolute Gasteiger partial charge is 0.497 e. The van der Waals surface area contributed by atoms with Crippen molar-refractivity contribution in [1.29, 1.82) is 0 Å². The van der Waals surface area contributed by atoms with Crippen LogP contribution in [0.3, 0.4) is 0 Å². The van der Waals surface area contributed by atoms with Crippen LogP contribution >= 0.6 is 22.9 Å². The zero-order valence-electron chi connectivity index (χ0n) is 17.2. The van der Waals surface area contributed by atoms with Gasteiger partial charge in [0.25, 0.3) is 5.91 Å². The molecule has 0 aliphatic carbocycles. The lowest BCUT2D eigenvalue weighted by Crippen LogP contribution is -2.46. The molecule has 164 valence electrons. The van der Waals surface area contributed by atoms with E-state index < -0.39 is 18.0 Å². The van der Waals surface area contributed by atoms with Crippen LogP contribution in [0.1, 0.15) is 11.3 Å². The second-order valence-electron chi connectivity index (χ2n) is 7.13. The molecule has 1 aromatic heterocycles. The summed E-state index contributed by atoms with van der Waals surface area (Å²) in [6.07, 6.45) is -0.0944. The normalized spacial score (nSPS) is 15.7. The molecule has 0 radical (unpaired) electrons. The maximum absolute atomic E-state index is 13.2. The maximum atomic E-state index is 13.2. The maximum Gasteiger partial charge on any atom is 0.322 e. The van der Waals surface area contributed by atoms with Crippen LogP contribution in [-0.2, 0) is 16.1 Å². The highest BCUT2D eigenvalue weighted by Gasteiger charge is 2.44. The second kappa shape index (κ2) is 9.42. The molecule has 32 heavy (non-hydrogen) atoms. The Balaban J connectivity index is 1.59. The Labute approximate surface area is 194 Å². The molecule has 2 aromatic carbocycles. The summed E-state index contributed by atoms with van der Waals surface area (Å²) >= 11 is 7.41. The van der Waals surface area contributed by atoms with Crippen molar-refractivity contribution in [2.24, 2.45) is 0 Å². The molecule has 1 fully saturated rings. The van der Waals surface area contributed by atoms with Gasteiger partial charge < -0.3 is 15.0 Å². The van der Waals surface area contributed by atoms with Crippen molar-refractivity contribution < 1.29 is 19.1 Å². The fraction of sp³-hybridized carbons (Fsp3) is 0.174. The average Bonchev–Trinajstić information content (AvgIpc) is 3.41. The van der Waals surface area contributed by atoms with E-state index in [1.807, 2.05) is 17.5 Å². The van der Waals surface area contributed by atoms with Crippen molar-refractivity contribution in [2.45, 2.75) is 19.0 Å². The molecule has 1 atom stereocenters. The fourth-order valence-electron chi connectivity index (χ4n) is 3.48. The molecule has 4 amide bonds. The van der Waals surface area contributed by atoms with E-state index in [-0.39, 0.29) is 18.9 Å². The van der Waals surface area contributed by atoms with E-state index in [9.17, 15) is 14.4 Å². The number of anilines is 2. The SMILES string of the molecule is COc1ccc(NC(=O)N(Cc2cccs2)[C@@H]2CC(=O)N(c3ccc(Cl)cc3)C2=O)cc1. The quantitative estimate of drug-likeness (QED) is 0.527. The lowest BCUT2D eigenvalue weighted by Gasteiger charge is -2.27. The van der Waals surface area contributed by atoms with Gasteiger partial charge in [-0.2, -0.15) is 0 Å². The third-order valence-corrected chi connectivity index (χ3v) is 6.21. The number of thiophene rings is 1. The first kappa shape index (κ1) is 21.9. The van der Waals surface area contributed by atoms with Crippen molar-refractivity contribution in [3.05, 3.63) is 75.9 Å². The number of hydrogen-bond donors (Lipinski definition) is 1. The average molecular weight is 470 g/mol. The Morgan fingerprint density at radius 3 is 2.50 bits per heavy atom. The zero-order valence-corrected chi connectivity index (χ0v) is 18.7. The Bertz CT molecular complexity index is 1120. The van der Waals surface area contributed by atoms with Crippen LogP contribution in [0.15, 0.2) is 66.0 Å². The van der Waals surface area contributed by atoms with Gasteiger partial charge in [-0.15, -0.1) is 11.3 Å². The van der Waals surface area contributed by atoms with Gasteiger partial charge in [-0.25, -0.2) is 9.69 Å².